The lowest BCUT2D eigenvalue weighted by molar-refractivity contribution is 0.155. The molecule has 0 aromatic heterocycles. The number of hydrogen-bond acceptors (Lipinski definition) is 1. The molecule has 0 aromatic carbocycles. The molecule has 0 aliphatic carbocycles. The molecule has 0 amide bonds. The van der Waals surface area contributed by atoms with Crippen molar-refractivity contribution >= 4 is 0 Å². The minimum Gasteiger partial charge on any atom is -0.393 e. The second kappa shape index (κ2) is 7.60. The van der Waals surface area contributed by atoms with E-state index in [9.17, 15) is 5.11 Å². The summed E-state index contributed by atoms with van der Waals surface area (Å²) >= 11 is 0. The minimum absolute atomic E-state index is 0.114. The molecule has 2 unspecified atom stereocenters. The zero-order valence-electron chi connectivity index (χ0n) is 8.84. The maximum Gasteiger partial charge on any atom is 0.0514 e. The van der Waals surface area contributed by atoms with Crippen molar-refractivity contribution in [3.63, 3.8) is 0 Å². The number of rotatable bonds is 7. The first kappa shape index (κ1) is 12.0. The molecule has 0 fully saturated rings. The molecule has 0 saturated carbocycles. The SMILES string of the molecule is CCCCCC(CC)CC(C)O. The van der Waals surface area contributed by atoms with E-state index < -0.39 is 0 Å². The van der Waals surface area contributed by atoms with Gasteiger partial charge in [0.25, 0.3) is 0 Å². The van der Waals surface area contributed by atoms with Crippen LogP contribution >= 0.6 is 0 Å². The largest absolute Gasteiger partial charge is 0.393 e. The molecule has 0 radical (unpaired) electrons. The van der Waals surface area contributed by atoms with Crippen molar-refractivity contribution in [2.24, 2.45) is 5.92 Å². The molecule has 0 heterocycles. The van der Waals surface area contributed by atoms with Crippen molar-refractivity contribution in [2.45, 2.75) is 65.4 Å². The molecule has 0 aromatic rings. The van der Waals surface area contributed by atoms with Crippen molar-refractivity contribution in [3.05, 3.63) is 0 Å². The van der Waals surface area contributed by atoms with Crippen LogP contribution in [0.25, 0.3) is 0 Å². The summed E-state index contributed by atoms with van der Waals surface area (Å²) in [5.74, 6) is 0.747. The molecule has 74 valence electrons. The lowest BCUT2D eigenvalue weighted by Crippen LogP contribution is -2.09. The first-order valence-electron chi connectivity index (χ1n) is 5.38. The van der Waals surface area contributed by atoms with Crippen molar-refractivity contribution in [1.29, 1.82) is 0 Å². The second-order valence-electron chi connectivity index (χ2n) is 3.85. The van der Waals surface area contributed by atoms with Gasteiger partial charge in [-0.1, -0.05) is 46.0 Å². The van der Waals surface area contributed by atoms with E-state index >= 15 is 0 Å². The molecule has 2 atom stereocenters. The standard InChI is InChI=1S/C11H24O/c1-4-6-7-8-11(5-2)9-10(3)12/h10-12H,4-9H2,1-3H3. The van der Waals surface area contributed by atoms with E-state index in [4.69, 9.17) is 0 Å². The van der Waals surface area contributed by atoms with Crippen LogP contribution in [0.3, 0.4) is 0 Å². The Balaban J connectivity index is 3.39. The van der Waals surface area contributed by atoms with Crippen LogP contribution in [0.2, 0.25) is 0 Å². The Hall–Kier alpha value is -0.0400. The molecule has 12 heavy (non-hydrogen) atoms. The first-order chi connectivity index (χ1) is 5.70. The smallest absolute Gasteiger partial charge is 0.0514 e. The predicted octanol–water partition coefficient (Wildman–Crippen LogP) is 3.36. The summed E-state index contributed by atoms with van der Waals surface area (Å²) < 4.78 is 0. The molecule has 0 saturated heterocycles. The molecular formula is C11H24O. The van der Waals surface area contributed by atoms with Crippen LogP contribution in [0.4, 0.5) is 0 Å². The van der Waals surface area contributed by atoms with Crippen LogP contribution in [-0.2, 0) is 0 Å². The highest BCUT2D eigenvalue weighted by Gasteiger charge is 2.08. The average Bonchev–Trinajstić information content (AvgIpc) is 2.02. The zero-order valence-corrected chi connectivity index (χ0v) is 8.84. The van der Waals surface area contributed by atoms with Crippen LogP contribution in [0.1, 0.15) is 59.3 Å². The summed E-state index contributed by atoms with van der Waals surface area (Å²) in [5, 5.41) is 9.21. The van der Waals surface area contributed by atoms with Crippen LogP contribution in [0, 0.1) is 5.92 Å². The molecule has 0 aliphatic rings. The van der Waals surface area contributed by atoms with Crippen molar-refractivity contribution in [1.82, 2.24) is 0 Å². The van der Waals surface area contributed by atoms with Gasteiger partial charge in [0, 0.05) is 0 Å². The summed E-state index contributed by atoms with van der Waals surface area (Å²) in [7, 11) is 0. The Labute approximate surface area is 77.2 Å². The maximum absolute atomic E-state index is 9.21. The second-order valence-corrected chi connectivity index (χ2v) is 3.85. The third kappa shape index (κ3) is 6.66. The molecule has 0 spiro atoms. The van der Waals surface area contributed by atoms with E-state index in [0.29, 0.717) is 0 Å². The van der Waals surface area contributed by atoms with Gasteiger partial charge >= 0.3 is 0 Å². The normalized spacial score (nSPS) is 16.0. The van der Waals surface area contributed by atoms with Crippen LogP contribution in [-0.4, -0.2) is 11.2 Å². The van der Waals surface area contributed by atoms with Gasteiger partial charge in [0.15, 0.2) is 0 Å². The number of aliphatic hydroxyl groups is 1. The lowest BCUT2D eigenvalue weighted by Gasteiger charge is -2.15. The number of hydrogen-bond donors (Lipinski definition) is 1. The fraction of sp³-hybridized carbons (Fsp3) is 1.00. The fourth-order valence-electron chi connectivity index (χ4n) is 1.65. The average molecular weight is 172 g/mol. The summed E-state index contributed by atoms with van der Waals surface area (Å²) in [5.41, 5.74) is 0. The zero-order chi connectivity index (χ0) is 9.40. The van der Waals surface area contributed by atoms with Gasteiger partial charge in [-0.15, -0.1) is 0 Å². The number of aliphatic hydroxyl groups excluding tert-OH is 1. The van der Waals surface area contributed by atoms with Crippen molar-refractivity contribution < 1.29 is 5.11 Å². The maximum atomic E-state index is 9.21. The minimum atomic E-state index is -0.114. The predicted molar refractivity (Wildman–Crippen MR) is 54.2 cm³/mol. The van der Waals surface area contributed by atoms with Gasteiger partial charge in [-0.3, -0.25) is 0 Å². The summed E-state index contributed by atoms with van der Waals surface area (Å²) in [4.78, 5) is 0. The van der Waals surface area contributed by atoms with Crippen LogP contribution in [0.5, 0.6) is 0 Å². The molecular weight excluding hydrogens is 148 g/mol. The van der Waals surface area contributed by atoms with E-state index in [-0.39, 0.29) is 6.10 Å². The Bertz CT molecular complexity index is 89.0. The van der Waals surface area contributed by atoms with Gasteiger partial charge in [0.1, 0.15) is 0 Å². The quantitative estimate of drug-likeness (QED) is 0.584. The first-order valence-corrected chi connectivity index (χ1v) is 5.38. The van der Waals surface area contributed by atoms with Crippen LogP contribution < -0.4 is 0 Å². The van der Waals surface area contributed by atoms with E-state index in [2.05, 4.69) is 13.8 Å². The Morgan fingerprint density at radius 1 is 1.17 bits per heavy atom. The molecule has 1 N–H and O–H groups in total. The van der Waals surface area contributed by atoms with Gasteiger partial charge in [-0.25, -0.2) is 0 Å². The topological polar surface area (TPSA) is 20.2 Å². The highest BCUT2D eigenvalue weighted by atomic mass is 16.3. The summed E-state index contributed by atoms with van der Waals surface area (Å²) in [6.45, 7) is 6.34. The number of unbranched alkanes of at least 4 members (excludes halogenated alkanes) is 2. The van der Waals surface area contributed by atoms with Gasteiger partial charge in [-0.2, -0.15) is 0 Å². The van der Waals surface area contributed by atoms with Gasteiger partial charge in [0.05, 0.1) is 6.10 Å². The van der Waals surface area contributed by atoms with Crippen LogP contribution in [0.15, 0.2) is 0 Å². The Morgan fingerprint density at radius 2 is 1.83 bits per heavy atom. The lowest BCUT2D eigenvalue weighted by atomic mass is 9.93. The Kier molecular flexibility index (Phi) is 7.58. The molecule has 1 nitrogen and oxygen atoms in total. The third-order valence-corrected chi connectivity index (χ3v) is 2.47. The van der Waals surface area contributed by atoms with Gasteiger partial charge < -0.3 is 5.11 Å². The molecule has 0 bridgehead atoms. The molecule has 0 aliphatic heterocycles. The van der Waals surface area contributed by atoms with Gasteiger partial charge in [0.2, 0.25) is 0 Å². The highest BCUT2D eigenvalue weighted by Crippen LogP contribution is 2.18. The van der Waals surface area contributed by atoms with E-state index in [1.54, 1.807) is 0 Å². The molecule has 0 rings (SSSR count). The fourth-order valence-corrected chi connectivity index (χ4v) is 1.65. The van der Waals surface area contributed by atoms with E-state index in [0.717, 1.165) is 12.3 Å². The Morgan fingerprint density at radius 3 is 2.25 bits per heavy atom. The summed E-state index contributed by atoms with van der Waals surface area (Å²) in [6.07, 6.45) is 7.37. The monoisotopic (exact) mass is 172 g/mol. The third-order valence-electron chi connectivity index (χ3n) is 2.47. The van der Waals surface area contributed by atoms with Gasteiger partial charge in [-0.05, 0) is 19.3 Å². The van der Waals surface area contributed by atoms with E-state index in [1.807, 2.05) is 6.92 Å². The summed E-state index contributed by atoms with van der Waals surface area (Å²) in [6, 6.07) is 0. The van der Waals surface area contributed by atoms with Crippen molar-refractivity contribution in [2.75, 3.05) is 0 Å². The van der Waals surface area contributed by atoms with Crippen molar-refractivity contribution in [3.8, 4) is 0 Å². The van der Waals surface area contributed by atoms with E-state index in [1.165, 1.54) is 32.1 Å². The molecule has 1 heteroatoms. The highest BCUT2D eigenvalue weighted by molar-refractivity contribution is 4.60.